The number of carbonyl (C=O) groups excluding carboxylic acids is 1. The summed E-state index contributed by atoms with van der Waals surface area (Å²) in [5.41, 5.74) is 6.43. The van der Waals surface area contributed by atoms with Crippen molar-refractivity contribution < 1.29 is 19.0 Å². The molecule has 0 atom stereocenters. The first-order valence-corrected chi connectivity index (χ1v) is 4.88. The average molecular weight is 225 g/mol. The molecule has 0 aliphatic carbocycles. The Labute approximate surface area is 94.1 Å². The second-order valence-electron chi connectivity index (χ2n) is 3.00. The zero-order valence-electron chi connectivity index (χ0n) is 9.36. The van der Waals surface area contributed by atoms with Crippen molar-refractivity contribution in [3.8, 4) is 5.75 Å². The lowest BCUT2D eigenvalue weighted by Crippen LogP contribution is -2.11. The molecular formula is C11H15NO4. The minimum atomic E-state index is -0.516. The highest BCUT2D eigenvalue weighted by molar-refractivity contribution is 5.94. The predicted molar refractivity (Wildman–Crippen MR) is 59.3 cm³/mol. The van der Waals surface area contributed by atoms with Crippen LogP contribution < -0.4 is 10.5 Å². The smallest absolute Gasteiger partial charge is 0.344 e. The molecule has 1 aromatic carbocycles. The van der Waals surface area contributed by atoms with Crippen LogP contribution in [0.2, 0.25) is 0 Å². The van der Waals surface area contributed by atoms with Gasteiger partial charge in [-0.25, -0.2) is 4.79 Å². The maximum absolute atomic E-state index is 11.6. The molecule has 0 saturated carbocycles. The summed E-state index contributed by atoms with van der Waals surface area (Å²) in [5, 5.41) is 0. The highest BCUT2D eigenvalue weighted by Crippen LogP contribution is 2.26. The van der Waals surface area contributed by atoms with Crippen LogP contribution in [0.5, 0.6) is 5.75 Å². The highest BCUT2D eigenvalue weighted by Gasteiger charge is 2.15. The van der Waals surface area contributed by atoms with Gasteiger partial charge >= 0.3 is 5.97 Å². The number of para-hydroxylation sites is 1. The van der Waals surface area contributed by atoms with Gasteiger partial charge in [0.2, 0.25) is 0 Å². The Balaban J connectivity index is 2.93. The Morgan fingerprint density at radius 2 is 2.19 bits per heavy atom. The molecule has 16 heavy (non-hydrogen) atoms. The number of nitrogen functional groups attached to an aromatic ring is 1. The summed E-state index contributed by atoms with van der Waals surface area (Å²) in [7, 11) is 1.44. The van der Waals surface area contributed by atoms with Crippen LogP contribution in [0, 0.1) is 0 Å². The van der Waals surface area contributed by atoms with Crippen molar-refractivity contribution in [2.75, 3.05) is 26.2 Å². The molecule has 0 unspecified atom stereocenters. The third-order valence-corrected chi connectivity index (χ3v) is 1.86. The molecule has 0 aromatic heterocycles. The number of esters is 1. The standard InChI is InChI=1S/C11H15NO4/c1-3-15-10-8(5-4-6-9(10)12)11(13)16-7-14-2/h4-6H,3,7,12H2,1-2H3. The van der Waals surface area contributed by atoms with Gasteiger partial charge in [0.05, 0.1) is 12.3 Å². The molecule has 5 heteroatoms. The second-order valence-corrected chi connectivity index (χ2v) is 3.00. The molecule has 1 rings (SSSR count). The SMILES string of the molecule is CCOc1c(N)cccc1C(=O)OCOC. The van der Waals surface area contributed by atoms with Crippen LogP contribution >= 0.6 is 0 Å². The van der Waals surface area contributed by atoms with E-state index in [0.29, 0.717) is 23.6 Å². The van der Waals surface area contributed by atoms with Gasteiger partial charge in [0, 0.05) is 7.11 Å². The van der Waals surface area contributed by atoms with Crippen LogP contribution in [0.4, 0.5) is 5.69 Å². The Kier molecular flexibility index (Phi) is 4.60. The highest BCUT2D eigenvalue weighted by atomic mass is 16.7. The minimum Gasteiger partial charge on any atom is -0.491 e. The van der Waals surface area contributed by atoms with E-state index >= 15 is 0 Å². The first-order valence-electron chi connectivity index (χ1n) is 4.88. The summed E-state index contributed by atoms with van der Waals surface area (Å²) in [4.78, 5) is 11.6. The maximum atomic E-state index is 11.6. The topological polar surface area (TPSA) is 70.8 Å². The fraction of sp³-hybridized carbons (Fsp3) is 0.364. The normalized spacial score (nSPS) is 9.88. The molecule has 1 aromatic rings. The first-order chi connectivity index (χ1) is 7.70. The summed E-state index contributed by atoms with van der Waals surface area (Å²) < 4.78 is 14.8. The van der Waals surface area contributed by atoms with Crippen LogP contribution in [0.15, 0.2) is 18.2 Å². The van der Waals surface area contributed by atoms with Crippen LogP contribution in [-0.4, -0.2) is 26.5 Å². The van der Waals surface area contributed by atoms with Crippen molar-refractivity contribution in [1.29, 1.82) is 0 Å². The van der Waals surface area contributed by atoms with Crippen molar-refractivity contribution in [2.45, 2.75) is 6.92 Å². The number of nitrogens with two attached hydrogens (primary N) is 1. The van der Waals surface area contributed by atoms with E-state index in [9.17, 15) is 4.79 Å². The lowest BCUT2D eigenvalue weighted by atomic mass is 10.2. The lowest BCUT2D eigenvalue weighted by molar-refractivity contribution is -0.0127. The first kappa shape index (κ1) is 12.3. The summed E-state index contributed by atoms with van der Waals surface area (Å²) in [5.74, 6) is -0.163. The fourth-order valence-electron chi connectivity index (χ4n) is 1.21. The lowest BCUT2D eigenvalue weighted by Gasteiger charge is -2.11. The Morgan fingerprint density at radius 1 is 1.44 bits per heavy atom. The van der Waals surface area contributed by atoms with Gasteiger partial charge in [0.1, 0.15) is 5.56 Å². The second kappa shape index (κ2) is 5.97. The largest absolute Gasteiger partial charge is 0.491 e. The maximum Gasteiger partial charge on any atom is 0.344 e. The molecule has 0 bridgehead atoms. The number of rotatable bonds is 5. The van der Waals surface area contributed by atoms with Crippen molar-refractivity contribution >= 4 is 11.7 Å². The minimum absolute atomic E-state index is 0.0980. The van der Waals surface area contributed by atoms with E-state index in [1.165, 1.54) is 7.11 Å². The van der Waals surface area contributed by atoms with Crippen molar-refractivity contribution in [3.05, 3.63) is 23.8 Å². The number of hydrogen-bond donors (Lipinski definition) is 1. The van der Waals surface area contributed by atoms with Crippen LogP contribution in [0.25, 0.3) is 0 Å². The van der Waals surface area contributed by atoms with E-state index in [-0.39, 0.29) is 6.79 Å². The molecular weight excluding hydrogens is 210 g/mol. The molecule has 5 nitrogen and oxygen atoms in total. The van der Waals surface area contributed by atoms with E-state index in [1.54, 1.807) is 18.2 Å². The molecule has 0 radical (unpaired) electrons. The summed E-state index contributed by atoms with van der Waals surface area (Å²) in [6.45, 7) is 2.15. The number of anilines is 1. The summed E-state index contributed by atoms with van der Waals surface area (Å²) >= 11 is 0. The molecule has 0 heterocycles. The molecule has 0 aliphatic rings. The predicted octanol–water partition coefficient (Wildman–Crippen LogP) is 1.43. The number of ether oxygens (including phenoxy) is 3. The van der Waals surface area contributed by atoms with Crippen LogP contribution in [-0.2, 0) is 9.47 Å². The van der Waals surface area contributed by atoms with Gasteiger partial charge in [-0.3, -0.25) is 0 Å². The fourth-order valence-corrected chi connectivity index (χ4v) is 1.21. The Bertz CT molecular complexity index is 365. The molecule has 0 spiro atoms. The van der Waals surface area contributed by atoms with Gasteiger partial charge < -0.3 is 19.9 Å². The van der Waals surface area contributed by atoms with Gasteiger partial charge in [-0.05, 0) is 19.1 Å². The molecule has 2 N–H and O–H groups in total. The molecule has 88 valence electrons. The zero-order valence-corrected chi connectivity index (χ0v) is 9.36. The van der Waals surface area contributed by atoms with Crippen molar-refractivity contribution in [3.63, 3.8) is 0 Å². The molecule has 0 saturated heterocycles. The number of hydrogen-bond acceptors (Lipinski definition) is 5. The van der Waals surface area contributed by atoms with Crippen LogP contribution in [0.1, 0.15) is 17.3 Å². The number of benzene rings is 1. The van der Waals surface area contributed by atoms with Crippen molar-refractivity contribution in [2.24, 2.45) is 0 Å². The van der Waals surface area contributed by atoms with Crippen molar-refractivity contribution in [1.82, 2.24) is 0 Å². The van der Waals surface area contributed by atoms with Gasteiger partial charge in [-0.2, -0.15) is 0 Å². The molecule has 0 fully saturated rings. The van der Waals surface area contributed by atoms with Gasteiger partial charge in [0.15, 0.2) is 12.5 Å². The van der Waals surface area contributed by atoms with E-state index in [1.807, 2.05) is 6.92 Å². The zero-order chi connectivity index (χ0) is 12.0. The quantitative estimate of drug-likeness (QED) is 0.466. The summed E-state index contributed by atoms with van der Waals surface area (Å²) in [6.07, 6.45) is 0. The third-order valence-electron chi connectivity index (χ3n) is 1.86. The van der Waals surface area contributed by atoms with Gasteiger partial charge in [0.25, 0.3) is 0 Å². The summed E-state index contributed by atoms with van der Waals surface area (Å²) in [6, 6.07) is 4.93. The van der Waals surface area contributed by atoms with E-state index in [2.05, 4.69) is 4.74 Å². The number of methoxy groups -OCH3 is 1. The Hall–Kier alpha value is -1.75. The monoisotopic (exact) mass is 225 g/mol. The average Bonchev–Trinajstić information content (AvgIpc) is 2.29. The van der Waals surface area contributed by atoms with Crippen LogP contribution in [0.3, 0.4) is 0 Å². The number of carbonyl (C=O) groups is 1. The van der Waals surface area contributed by atoms with E-state index < -0.39 is 5.97 Å². The van der Waals surface area contributed by atoms with E-state index in [4.69, 9.17) is 15.2 Å². The molecule has 0 amide bonds. The third kappa shape index (κ3) is 2.87. The van der Waals surface area contributed by atoms with E-state index in [0.717, 1.165) is 0 Å². The van der Waals surface area contributed by atoms with Gasteiger partial charge in [-0.1, -0.05) is 6.07 Å². The molecule has 0 aliphatic heterocycles. The Morgan fingerprint density at radius 3 is 2.81 bits per heavy atom. The van der Waals surface area contributed by atoms with Gasteiger partial charge in [-0.15, -0.1) is 0 Å².